The SMILES string of the molecule is O=S(=O)(Nc1cscn1)c1ccc(NC[C@@H]2CCN([C@H]3CCc4ccccc43)C2)c(Cl)c1F. The first-order chi connectivity index (χ1) is 15.9. The monoisotopic (exact) mass is 506 g/mol. The third-order valence-corrected chi connectivity index (χ3v) is 8.78. The summed E-state index contributed by atoms with van der Waals surface area (Å²) in [5.41, 5.74) is 4.78. The molecule has 0 amide bonds. The van der Waals surface area contributed by atoms with E-state index in [2.05, 4.69) is 44.2 Å². The lowest BCUT2D eigenvalue weighted by molar-refractivity contribution is 0.237. The second-order valence-electron chi connectivity index (χ2n) is 8.50. The lowest BCUT2D eigenvalue weighted by atomic mass is 10.1. The van der Waals surface area contributed by atoms with Crippen LogP contribution in [0, 0.1) is 11.7 Å². The van der Waals surface area contributed by atoms with Gasteiger partial charge in [-0.2, -0.15) is 0 Å². The fourth-order valence-corrected chi connectivity index (χ4v) is 6.74. The summed E-state index contributed by atoms with van der Waals surface area (Å²) in [5.74, 6) is -0.417. The molecule has 0 spiro atoms. The first kappa shape index (κ1) is 22.6. The van der Waals surface area contributed by atoms with E-state index in [1.54, 1.807) is 0 Å². The van der Waals surface area contributed by atoms with Crippen molar-refractivity contribution in [1.29, 1.82) is 0 Å². The average molecular weight is 507 g/mol. The standard InChI is InChI=1S/C23H24ClFN4O2S2/c24-22-18(6-8-20(23(22)25)33(30,31)28-21-13-32-14-27-21)26-11-15-9-10-29(12-15)19-7-5-16-3-1-2-4-17(16)19/h1-4,6,8,13-15,19,26,28H,5,7,9-12H2/t15-,19-/m0/s1. The number of fused-ring (bicyclic) bond motifs is 1. The van der Waals surface area contributed by atoms with Crippen LogP contribution in [0.15, 0.2) is 52.2 Å². The number of aromatic nitrogens is 1. The number of likely N-dealkylation sites (tertiary alicyclic amines) is 1. The number of nitrogens with one attached hydrogen (secondary N) is 2. The highest BCUT2D eigenvalue weighted by molar-refractivity contribution is 7.92. The summed E-state index contributed by atoms with van der Waals surface area (Å²) < 4.78 is 42.2. The van der Waals surface area contributed by atoms with E-state index in [0.29, 0.717) is 24.2 Å². The van der Waals surface area contributed by atoms with Gasteiger partial charge in [0, 0.05) is 24.5 Å². The molecule has 0 radical (unpaired) electrons. The van der Waals surface area contributed by atoms with Crippen LogP contribution >= 0.6 is 22.9 Å². The van der Waals surface area contributed by atoms with Crippen molar-refractivity contribution >= 4 is 44.5 Å². The summed E-state index contributed by atoms with van der Waals surface area (Å²) in [6.45, 7) is 2.65. The lowest BCUT2D eigenvalue weighted by Gasteiger charge is -2.25. The van der Waals surface area contributed by atoms with Crippen molar-refractivity contribution in [2.75, 3.05) is 29.7 Å². The number of anilines is 2. The van der Waals surface area contributed by atoms with Crippen LogP contribution in [-0.4, -0.2) is 37.9 Å². The number of halogens is 2. The molecule has 1 aliphatic heterocycles. The molecule has 0 unspecified atom stereocenters. The minimum absolute atomic E-state index is 0.147. The Hall–Kier alpha value is -2.20. The molecule has 5 rings (SSSR count). The summed E-state index contributed by atoms with van der Waals surface area (Å²) in [6.07, 6.45) is 3.33. The fourth-order valence-electron chi connectivity index (χ4n) is 4.81. The highest BCUT2D eigenvalue weighted by Crippen LogP contribution is 2.38. The Kier molecular flexibility index (Phi) is 6.30. The van der Waals surface area contributed by atoms with Crippen LogP contribution in [-0.2, 0) is 16.4 Å². The van der Waals surface area contributed by atoms with Gasteiger partial charge in [0.2, 0.25) is 0 Å². The zero-order valence-electron chi connectivity index (χ0n) is 17.8. The Labute approximate surface area is 201 Å². The Balaban J connectivity index is 1.22. The van der Waals surface area contributed by atoms with E-state index in [4.69, 9.17) is 11.6 Å². The van der Waals surface area contributed by atoms with Gasteiger partial charge in [-0.1, -0.05) is 35.9 Å². The van der Waals surface area contributed by atoms with Gasteiger partial charge in [-0.15, -0.1) is 11.3 Å². The van der Waals surface area contributed by atoms with E-state index in [9.17, 15) is 12.8 Å². The van der Waals surface area contributed by atoms with Gasteiger partial charge in [0.15, 0.2) is 11.6 Å². The van der Waals surface area contributed by atoms with E-state index < -0.39 is 20.7 Å². The van der Waals surface area contributed by atoms with Gasteiger partial charge >= 0.3 is 0 Å². The number of aryl methyl sites for hydroxylation is 1. The molecule has 2 heterocycles. The zero-order chi connectivity index (χ0) is 23.0. The number of nitrogens with zero attached hydrogens (tertiary/aromatic N) is 2. The maximum Gasteiger partial charge on any atom is 0.266 e. The van der Waals surface area contributed by atoms with Crippen LogP contribution < -0.4 is 10.0 Å². The Morgan fingerprint density at radius 3 is 2.88 bits per heavy atom. The number of benzene rings is 2. The van der Waals surface area contributed by atoms with Crippen molar-refractivity contribution in [2.45, 2.75) is 30.2 Å². The summed E-state index contributed by atoms with van der Waals surface area (Å²) in [6, 6.07) is 11.9. The molecule has 1 aromatic heterocycles. The van der Waals surface area contributed by atoms with Gasteiger partial charge in [0.05, 0.1) is 11.2 Å². The minimum atomic E-state index is -4.12. The van der Waals surface area contributed by atoms with Crippen LogP contribution in [0.3, 0.4) is 0 Å². The molecular formula is C23H24ClFN4O2S2. The molecule has 174 valence electrons. The second kappa shape index (κ2) is 9.21. The van der Waals surface area contributed by atoms with Crippen LogP contribution in [0.25, 0.3) is 0 Å². The molecule has 1 saturated heterocycles. The van der Waals surface area contributed by atoms with E-state index in [0.717, 1.165) is 32.4 Å². The maximum atomic E-state index is 14.9. The molecule has 1 fully saturated rings. The van der Waals surface area contributed by atoms with Crippen molar-refractivity contribution < 1.29 is 12.8 Å². The molecule has 0 saturated carbocycles. The molecule has 6 nitrogen and oxygen atoms in total. The van der Waals surface area contributed by atoms with Crippen molar-refractivity contribution in [2.24, 2.45) is 5.92 Å². The van der Waals surface area contributed by atoms with Crippen molar-refractivity contribution in [3.8, 4) is 0 Å². The molecule has 2 N–H and O–H groups in total. The molecule has 2 atom stereocenters. The quantitative estimate of drug-likeness (QED) is 0.463. The first-order valence-electron chi connectivity index (χ1n) is 10.9. The molecule has 1 aliphatic carbocycles. The number of rotatable bonds is 7. The average Bonchev–Trinajstić information content (AvgIpc) is 3.55. The maximum absolute atomic E-state index is 14.9. The molecule has 3 aromatic rings. The predicted octanol–water partition coefficient (Wildman–Crippen LogP) is 5.16. The topological polar surface area (TPSA) is 74.3 Å². The van der Waals surface area contributed by atoms with Gasteiger partial charge in [-0.25, -0.2) is 17.8 Å². The van der Waals surface area contributed by atoms with E-state index in [1.165, 1.54) is 45.5 Å². The van der Waals surface area contributed by atoms with Gasteiger partial charge in [-0.3, -0.25) is 9.62 Å². The summed E-state index contributed by atoms with van der Waals surface area (Å²) >= 11 is 7.44. The Morgan fingerprint density at radius 1 is 1.21 bits per heavy atom. The van der Waals surface area contributed by atoms with Crippen LogP contribution in [0.4, 0.5) is 15.9 Å². The van der Waals surface area contributed by atoms with Crippen molar-refractivity contribution in [3.05, 3.63) is 69.3 Å². The summed E-state index contributed by atoms with van der Waals surface area (Å²) in [7, 11) is -4.12. The normalized spacial score (nSPS) is 20.7. The smallest absolute Gasteiger partial charge is 0.266 e. The molecule has 0 bridgehead atoms. The van der Waals surface area contributed by atoms with Crippen molar-refractivity contribution in [1.82, 2.24) is 9.88 Å². The number of hydrogen-bond donors (Lipinski definition) is 2. The lowest BCUT2D eigenvalue weighted by Crippen LogP contribution is -2.26. The highest BCUT2D eigenvalue weighted by Gasteiger charge is 2.33. The molecular weight excluding hydrogens is 483 g/mol. The predicted molar refractivity (Wildman–Crippen MR) is 130 cm³/mol. The second-order valence-corrected chi connectivity index (χ2v) is 11.2. The van der Waals surface area contributed by atoms with Crippen LogP contribution in [0.1, 0.15) is 30.0 Å². The van der Waals surface area contributed by atoms with E-state index in [1.807, 2.05) is 0 Å². The van der Waals surface area contributed by atoms with Gasteiger partial charge in [-0.05, 0) is 55.0 Å². The van der Waals surface area contributed by atoms with Gasteiger partial charge in [0.1, 0.15) is 9.92 Å². The molecule has 2 aromatic carbocycles. The summed E-state index contributed by atoms with van der Waals surface area (Å²) in [5, 5.41) is 4.53. The molecule has 2 aliphatic rings. The number of hydrogen-bond acceptors (Lipinski definition) is 6. The molecule has 33 heavy (non-hydrogen) atoms. The zero-order valence-corrected chi connectivity index (χ0v) is 20.2. The largest absolute Gasteiger partial charge is 0.383 e. The van der Waals surface area contributed by atoms with E-state index in [-0.39, 0.29) is 10.8 Å². The summed E-state index contributed by atoms with van der Waals surface area (Å²) in [4.78, 5) is 5.91. The third kappa shape index (κ3) is 4.59. The van der Waals surface area contributed by atoms with Crippen molar-refractivity contribution in [3.63, 3.8) is 0 Å². The minimum Gasteiger partial charge on any atom is -0.383 e. The van der Waals surface area contributed by atoms with Gasteiger partial charge < -0.3 is 5.32 Å². The van der Waals surface area contributed by atoms with Crippen LogP contribution in [0.2, 0.25) is 5.02 Å². The van der Waals surface area contributed by atoms with E-state index >= 15 is 0 Å². The third-order valence-electron chi connectivity index (χ3n) is 6.45. The Morgan fingerprint density at radius 2 is 2.06 bits per heavy atom. The first-order valence-corrected chi connectivity index (χ1v) is 13.7. The van der Waals surface area contributed by atoms with Gasteiger partial charge in [0.25, 0.3) is 10.0 Å². The fraction of sp³-hybridized carbons (Fsp3) is 0.348. The molecule has 10 heteroatoms. The van der Waals surface area contributed by atoms with Crippen LogP contribution in [0.5, 0.6) is 0 Å². The highest BCUT2D eigenvalue weighted by atomic mass is 35.5. The number of sulfonamides is 1. The Bertz CT molecular complexity index is 1250. The number of thiazole rings is 1.